The molecule has 0 unspecified atom stereocenters. The summed E-state index contributed by atoms with van der Waals surface area (Å²) >= 11 is 1.58. The zero-order chi connectivity index (χ0) is 18.2. The summed E-state index contributed by atoms with van der Waals surface area (Å²) in [6.07, 6.45) is 2.02. The third-order valence-corrected chi connectivity index (χ3v) is 4.04. The first-order valence-corrected chi connectivity index (χ1v) is 8.57. The van der Waals surface area contributed by atoms with E-state index in [1.807, 2.05) is 18.4 Å². The number of hydrogen-bond donors (Lipinski definition) is 3. The summed E-state index contributed by atoms with van der Waals surface area (Å²) < 4.78 is 0. The number of azo groups is 1. The van der Waals surface area contributed by atoms with E-state index in [-0.39, 0.29) is 12.2 Å². The Bertz CT molecular complexity index is 760. The molecule has 0 heterocycles. The molecule has 0 spiro atoms. The molecular weight excluding hydrogens is 342 g/mol. The van der Waals surface area contributed by atoms with Crippen LogP contribution in [0.4, 0.5) is 10.5 Å². The number of aromatic hydroxyl groups is 1. The van der Waals surface area contributed by atoms with E-state index in [4.69, 9.17) is 0 Å². The first kappa shape index (κ1) is 18.5. The van der Waals surface area contributed by atoms with E-state index >= 15 is 0 Å². The smallest absolute Gasteiger partial charge is 0.360 e. The third-order valence-electron chi connectivity index (χ3n) is 3.30. The number of urea groups is 1. The second-order valence-electron chi connectivity index (χ2n) is 5.11. The van der Waals surface area contributed by atoms with Crippen molar-refractivity contribution in [3.05, 3.63) is 54.1 Å². The number of carbonyl (C=O) groups excluding carboxylic acids is 1. The topological polar surface area (TPSA) is 111 Å². The van der Waals surface area contributed by atoms with Crippen LogP contribution in [-0.2, 0) is 11.2 Å². The monoisotopic (exact) mass is 359 g/mol. The second-order valence-corrected chi connectivity index (χ2v) is 5.99. The van der Waals surface area contributed by atoms with Gasteiger partial charge in [-0.15, -0.1) is 16.9 Å². The molecular formula is C17H17N3O4S. The number of carboxylic acids is 1. The van der Waals surface area contributed by atoms with Crippen LogP contribution in [0.3, 0.4) is 0 Å². The predicted octanol–water partition coefficient (Wildman–Crippen LogP) is 3.60. The molecule has 8 heteroatoms. The molecule has 130 valence electrons. The fraction of sp³-hybridized carbons (Fsp3) is 0.176. The van der Waals surface area contributed by atoms with Gasteiger partial charge in [0.2, 0.25) is 0 Å². The van der Waals surface area contributed by atoms with Crippen molar-refractivity contribution in [2.24, 2.45) is 10.2 Å². The molecule has 0 aromatic heterocycles. The van der Waals surface area contributed by atoms with E-state index in [2.05, 4.69) is 15.5 Å². The van der Waals surface area contributed by atoms with E-state index in [0.717, 1.165) is 4.90 Å². The van der Waals surface area contributed by atoms with Gasteiger partial charge in [0.05, 0.1) is 5.69 Å². The van der Waals surface area contributed by atoms with Crippen LogP contribution in [0, 0.1) is 0 Å². The molecule has 2 aromatic carbocycles. The van der Waals surface area contributed by atoms with Gasteiger partial charge in [-0.2, -0.15) is 0 Å². The summed E-state index contributed by atoms with van der Waals surface area (Å²) in [5.74, 6) is -1.10. The van der Waals surface area contributed by atoms with Gasteiger partial charge in [-0.1, -0.05) is 17.2 Å². The molecule has 1 atom stereocenters. The molecule has 0 fully saturated rings. The van der Waals surface area contributed by atoms with E-state index in [1.54, 1.807) is 36.0 Å². The first-order chi connectivity index (χ1) is 12.0. The number of benzene rings is 2. The minimum atomic E-state index is -1.18. The summed E-state index contributed by atoms with van der Waals surface area (Å²) in [5.41, 5.74) is 1.16. The van der Waals surface area contributed by atoms with Gasteiger partial charge in [0, 0.05) is 11.3 Å². The summed E-state index contributed by atoms with van der Waals surface area (Å²) in [6.45, 7) is 0. The number of thioether (sulfide) groups is 1. The van der Waals surface area contributed by atoms with Crippen LogP contribution in [0.5, 0.6) is 5.75 Å². The summed E-state index contributed by atoms with van der Waals surface area (Å²) in [7, 11) is 0. The third kappa shape index (κ3) is 5.92. The number of phenols is 1. The van der Waals surface area contributed by atoms with Crippen molar-refractivity contribution in [2.75, 3.05) is 6.26 Å². The lowest BCUT2D eigenvalue weighted by atomic mass is 10.1. The van der Waals surface area contributed by atoms with Crippen LogP contribution in [0.15, 0.2) is 63.7 Å². The van der Waals surface area contributed by atoms with Crippen molar-refractivity contribution >= 4 is 29.4 Å². The maximum absolute atomic E-state index is 11.8. The lowest BCUT2D eigenvalue weighted by Crippen LogP contribution is -2.40. The average molecular weight is 359 g/mol. The predicted molar refractivity (Wildman–Crippen MR) is 94.5 cm³/mol. The van der Waals surface area contributed by atoms with Gasteiger partial charge in [0.25, 0.3) is 0 Å². The number of phenolic OH excluding ortho intramolecular Hbond substituents is 1. The standard InChI is InChI=1S/C17H17N3O4S/c1-25-14-8-4-12(5-9-14)19-20-17(24)18-15(16(22)23)10-11-2-6-13(21)7-3-11/h2-9,15,21H,10H2,1H3,(H,18,24)(H,22,23)/t15-/m0/s1. The molecule has 0 saturated carbocycles. The number of hydrogen-bond acceptors (Lipinski definition) is 5. The van der Waals surface area contributed by atoms with Crippen molar-refractivity contribution < 1.29 is 19.8 Å². The Hall–Kier alpha value is -2.87. The summed E-state index contributed by atoms with van der Waals surface area (Å²) in [6, 6.07) is 11.2. The lowest BCUT2D eigenvalue weighted by Gasteiger charge is -2.12. The molecule has 0 radical (unpaired) electrons. The molecule has 0 aliphatic carbocycles. The zero-order valence-electron chi connectivity index (χ0n) is 13.4. The second kappa shape index (κ2) is 8.84. The molecule has 2 rings (SSSR count). The van der Waals surface area contributed by atoms with E-state index in [1.165, 1.54) is 12.1 Å². The average Bonchev–Trinajstić information content (AvgIpc) is 2.61. The highest BCUT2D eigenvalue weighted by atomic mass is 32.2. The van der Waals surface area contributed by atoms with Crippen molar-refractivity contribution in [3.8, 4) is 5.75 Å². The first-order valence-electron chi connectivity index (χ1n) is 7.35. The summed E-state index contributed by atoms with van der Waals surface area (Å²) in [4.78, 5) is 24.2. The zero-order valence-corrected chi connectivity index (χ0v) is 14.2. The van der Waals surface area contributed by atoms with Crippen molar-refractivity contribution in [2.45, 2.75) is 17.4 Å². The minimum absolute atomic E-state index is 0.0687. The Morgan fingerprint density at radius 1 is 1.12 bits per heavy atom. The molecule has 0 aliphatic heterocycles. The molecule has 0 saturated heterocycles. The highest BCUT2D eigenvalue weighted by Crippen LogP contribution is 2.19. The summed E-state index contributed by atoms with van der Waals surface area (Å²) in [5, 5.41) is 28.1. The SMILES string of the molecule is CSc1ccc(N=NC(=O)N[C@@H](Cc2ccc(O)cc2)C(=O)O)cc1. The number of aliphatic carboxylic acids is 1. The highest BCUT2D eigenvalue weighted by molar-refractivity contribution is 7.98. The van der Waals surface area contributed by atoms with Gasteiger partial charge in [-0.05, 0) is 48.2 Å². The van der Waals surface area contributed by atoms with Crippen molar-refractivity contribution in [1.82, 2.24) is 5.32 Å². The number of rotatable bonds is 6. The van der Waals surface area contributed by atoms with Gasteiger partial charge >= 0.3 is 12.0 Å². The Morgan fingerprint density at radius 3 is 2.32 bits per heavy atom. The normalized spacial score (nSPS) is 12.0. The van der Waals surface area contributed by atoms with E-state index in [9.17, 15) is 19.8 Å². The minimum Gasteiger partial charge on any atom is -0.508 e. The fourth-order valence-electron chi connectivity index (χ4n) is 2.00. The number of carbonyl (C=O) groups is 2. The largest absolute Gasteiger partial charge is 0.508 e. The van der Waals surface area contributed by atoms with Crippen LogP contribution in [0.2, 0.25) is 0 Å². The number of nitrogens with zero attached hydrogens (tertiary/aromatic N) is 2. The van der Waals surface area contributed by atoms with Gasteiger partial charge in [0.1, 0.15) is 11.8 Å². The Morgan fingerprint density at radius 2 is 1.76 bits per heavy atom. The van der Waals surface area contributed by atoms with Crippen molar-refractivity contribution in [1.29, 1.82) is 0 Å². The lowest BCUT2D eigenvalue weighted by molar-refractivity contribution is -0.139. The fourth-order valence-corrected chi connectivity index (χ4v) is 2.41. The van der Waals surface area contributed by atoms with Crippen LogP contribution in [0.1, 0.15) is 5.56 Å². The maximum atomic E-state index is 11.8. The van der Waals surface area contributed by atoms with Crippen LogP contribution in [0.25, 0.3) is 0 Å². The van der Waals surface area contributed by atoms with Gasteiger partial charge in [0.15, 0.2) is 0 Å². The van der Waals surface area contributed by atoms with Crippen LogP contribution >= 0.6 is 11.8 Å². The van der Waals surface area contributed by atoms with Crippen molar-refractivity contribution in [3.63, 3.8) is 0 Å². The van der Waals surface area contributed by atoms with Gasteiger partial charge in [-0.3, -0.25) is 0 Å². The quantitative estimate of drug-likeness (QED) is 0.539. The Kier molecular flexibility index (Phi) is 6.53. The molecule has 0 bridgehead atoms. The van der Waals surface area contributed by atoms with E-state index in [0.29, 0.717) is 11.3 Å². The van der Waals surface area contributed by atoms with Gasteiger partial charge < -0.3 is 15.5 Å². The maximum Gasteiger partial charge on any atom is 0.360 e. The molecule has 25 heavy (non-hydrogen) atoms. The number of amides is 2. The van der Waals surface area contributed by atoms with Crippen LogP contribution in [-0.4, -0.2) is 34.5 Å². The Balaban J connectivity index is 1.98. The molecule has 0 aliphatic rings. The molecule has 2 aromatic rings. The van der Waals surface area contributed by atoms with Gasteiger partial charge in [-0.25, -0.2) is 9.59 Å². The molecule has 7 nitrogen and oxygen atoms in total. The van der Waals surface area contributed by atoms with Crippen LogP contribution < -0.4 is 5.32 Å². The molecule has 3 N–H and O–H groups in total. The number of nitrogens with one attached hydrogen (secondary N) is 1. The number of carboxylic acid groups (broad SMARTS) is 1. The van der Waals surface area contributed by atoms with E-state index < -0.39 is 18.0 Å². The Labute approximate surface area is 148 Å². The molecule has 2 amide bonds. The highest BCUT2D eigenvalue weighted by Gasteiger charge is 2.20.